The number of halogens is 1. The minimum Gasteiger partial charge on any atom is -0.383 e. The molecule has 30 heavy (non-hydrogen) atoms. The Morgan fingerprint density at radius 3 is 2.60 bits per heavy atom. The lowest BCUT2D eigenvalue weighted by atomic mass is 9.90. The van der Waals surface area contributed by atoms with E-state index in [1.807, 2.05) is 11.8 Å². The predicted octanol–water partition coefficient (Wildman–Crippen LogP) is 2.83. The van der Waals surface area contributed by atoms with Crippen molar-refractivity contribution >= 4 is 29.1 Å². The van der Waals surface area contributed by atoms with Gasteiger partial charge in [-0.3, -0.25) is 14.3 Å². The van der Waals surface area contributed by atoms with Gasteiger partial charge in [0.2, 0.25) is 5.91 Å². The normalized spacial score (nSPS) is 15.9. The monoisotopic (exact) mass is 432 g/mol. The van der Waals surface area contributed by atoms with Crippen molar-refractivity contribution in [1.82, 2.24) is 24.6 Å². The van der Waals surface area contributed by atoms with E-state index in [0.29, 0.717) is 41.4 Å². The second-order valence-electron chi connectivity index (χ2n) is 8.16. The summed E-state index contributed by atoms with van der Waals surface area (Å²) in [6, 6.07) is 0. The predicted molar refractivity (Wildman–Crippen MR) is 115 cm³/mol. The van der Waals surface area contributed by atoms with Crippen LogP contribution in [-0.2, 0) is 18.3 Å². The Kier molecular flexibility index (Phi) is 7.07. The molecule has 2 N–H and O–H groups in total. The lowest BCUT2D eigenvalue weighted by Crippen LogP contribution is -2.41. The van der Waals surface area contributed by atoms with E-state index < -0.39 is 0 Å². The van der Waals surface area contributed by atoms with Gasteiger partial charge in [0.05, 0.1) is 11.8 Å². The Morgan fingerprint density at radius 2 is 2.00 bits per heavy atom. The lowest BCUT2D eigenvalue weighted by molar-refractivity contribution is -0.136. The third-order valence-electron chi connectivity index (χ3n) is 5.77. The summed E-state index contributed by atoms with van der Waals surface area (Å²) in [5.41, 5.74) is 7.35. The zero-order chi connectivity index (χ0) is 21.8. The summed E-state index contributed by atoms with van der Waals surface area (Å²) in [6.07, 6.45) is 6.97. The third-order valence-corrected chi connectivity index (χ3v) is 6.08. The van der Waals surface area contributed by atoms with Gasteiger partial charge in [0.25, 0.3) is 0 Å². The Hall–Kier alpha value is -2.48. The third kappa shape index (κ3) is 5.36. The molecular weight excluding hydrogens is 404 g/mol. The van der Waals surface area contributed by atoms with Gasteiger partial charge in [0.1, 0.15) is 16.8 Å². The van der Waals surface area contributed by atoms with Crippen molar-refractivity contribution in [3.05, 3.63) is 34.5 Å². The van der Waals surface area contributed by atoms with Crippen LogP contribution >= 0.6 is 11.6 Å². The average molecular weight is 433 g/mol. The molecule has 0 aromatic carbocycles. The van der Waals surface area contributed by atoms with E-state index >= 15 is 0 Å². The standard InChI is InChI=1S/C21H29ClN6O2/c1-13(10-18(29)16-11-24-27(3)12-16)21(30)28-8-6-15(7-9-28)4-5-17-19(22)25-14(2)26-20(17)23/h11-13,15H,4-10H2,1-3H3,(H2,23,25,26)/t13-/m1/s1. The number of amides is 1. The van der Waals surface area contributed by atoms with Crippen molar-refractivity contribution in [2.75, 3.05) is 18.8 Å². The van der Waals surface area contributed by atoms with Crippen LogP contribution in [0.5, 0.6) is 0 Å². The van der Waals surface area contributed by atoms with Crippen LogP contribution in [0.4, 0.5) is 5.82 Å². The van der Waals surface area contributed by atoms with Crippen molar-refractivity contribution in [3.63, 3.8) is 0 Å². The molecule has 0 radical (unpaired) electrons. The zero-order valence-electron chi connectivity index (χ0n) is 17.8. The number of hydrogen-bond donors (Lipinski definition) is 1. The number of carbonyl (C=O) groups excluding carboxylic acids is 2. The number of piperidine rings is 1. The zero-order valence-corrected chi connectivity index (χ0v) is 18.5. The van der Waals surface area contributed by atoms with Crippen molar-refractivity contribution in [2.45, 2.75) is 46.0 Å². The molecule has 162 valence electrons. The highest BCUT2D eigenvalue weighted by atomic mass is 35.5. The number of nitrogen functional groups attached to an aromatic ring is 1. The maximum absolute atomic E-state index is 12.8. The number of ketones is 1. The van der Waals surface area contributed by atoms with E-state index in [4.69, 9.17) is 17.3 Å². The summed E-state index contributed by atoms with van der Waals surface area (Å²) in [7, 11) is 1.77. The second-order valence-corrected chi connectivity index (χ2v) is 8.52. The molecule has 3 heterocycles. The van der Waals surface area contributed by atoms with E-state index in [2.05, 4.69) is 15.1 Å². The molecule has 2 aromatic rings. The molecule has 1 aliphatic rings. The van der Waals surface area contributed by atoms with Gasteiger partial charge in [-0.1, -0.05) is 18.5 Å². The number of rotatable bonds is 7. The van der Waals surface area contributed by atoms with Crippen LogP contribution in [0.25, 0.3) is 0 Å². The molecule has 1 fully saturated rings. The smallest absolute Gasteiger partial charge is 0.225 e. The maximum Gasteiger partial charge on any atom is 0.225 e. The van der Waals surface area contributed by atoms with Crippen LogP contribution in [0.2, 0.25) is 5.15 Å². The van der Waals surface area contributed by atoms with Crippen LogP contribution in [0.1, 0.15) is 54.4 Å². The number of carbonyl (C=O) groups is 2. The number of aryl methyl sites for hydroxylation is 2. The molecule has 2 aromatic heterocycles. The Morgan fingerprint density at radius 1 is 1.30 bits per heavy atom. The van der Waals surface area contributed by atoms with Crippen molar-refractivity contribution in [3.8, 4) is 0 Å². The molecule has 0 spiro atoms. The highest BCUT2D eigenvalue weighted by Crippen LogP contribution is 2.27. The largest absolute Gasteiger partial charge is 0.383 e. The van der Waals surface area contributed by atoms with Crippen LogP contribution in [-0.4, -0.2) is 49.4 Å². The summed E-state index contributed by atoms with van der Waals surface area (Å²) < 4.78 is 1.59. The molecule has 8 nitrogen and oxygen atoms in total. The summed E-state index contributed by atoms with van der Waals surface area (Å²) in [6.45, 7) is 5.01. The van der Waals surface area contributed by atoms with E-state index in [0.717, 1.165) is 31.2 Å². The highest BCUT2D eigenvalue weighted by Gasteiger charge is 2.28. The van der Waals surface area contributed by atoms with Gasteiger partial charge in [-0.15, -0.1) is 0 Å². The van der Waals surface area contributed by atoms with Crippen LogP contribution < -0.4 is 5.73 Å². The van der Waals surface area contributed by atoms with E-state index in [-0.39, 0.29) is 24.0 Å². The maximum atomic E-state index is 12.8. The number of anilines is 1. The van der Waals surface area contributed by atoms with Gasteiger partial charge >= 0.3 is 0 Å². The fraction of sp³-hybridized carbons (Fsp3) is 0.571. The molecule has 0 unspecified atom stereocenters. The molecular formula is C21H29ClN6O2. The number of nitrogens with two attached hydrogens (primary N) is 1. The Labute approximate surface area is 181 Å². The number of aromatic nitrogens is 4. The van der Waals surface area contributed by atoms with E-state index in [9.17, 15) is 9.59 Å². The average Bonchev–Trinajstić information content (AvgIpc) is 3.13. The molecule has 1 amide bonds. The van der Waals surface area contributed by atoms with Gasteiger partial charge < -0.3 is 10.6 Å². The topological polar surface area (TPSA) is 107 Å². The summed E-state index contributed by atoms with van der Waals surface area (Å²) >= 11 is 6.22. The summed E-state index contributed by atoms with van der Waals surface area (Å²) in [4.78, 5) is 35.4. The highest BCUT2D eigenvalue weighted by molar-refractivity contribution is 6.30. The van der Waals surface area contributed by atoms with Gasteiger partial charge in [-0.2, -0.15) is 5.10 Å². The quantitative estimate of drug-likeness (QED) is 0.532. The Balaban J connectivity index is 1.46. The summed E-state index contributed by atoms with van der Waals surface area (Å²) in [5.74, 6) is 1.19. The van der Waals surface area contributed by atoms with Gasteiger partial charge in [0, 0.05) is 44.2 Å². The minimum absolute atomic E-state index is 0.0462. The van der Waals surface area contributed by atoms with Gasteiger partial charge in [-0.05, 0) is 38.5 Å². The van der Waals surface area contributed by atoms with Crippen LogP contribution in [0, 0.1) is 18.8 Å². The SMILES string of the molecule is Cc1nc(N)c(CCC2CCN(C(=O)[C@H](C)CC(=O)c3cnn(C)c3)CC2)c(Cl)n1. The number of Topliss-reactive ketones (excluding diaryl/α,β-unsaturated/α-hetero) is 1. The molecule has 1 aliphatic heterocycles. The van der Waals surface area contributed by atoms with Crippen LogP contribution in [0.15, 0.2) is 12.4 Å². The van der Waals surface area contributed by atoms with Crippen molar-refractivity contribution in [2.24, 2.45) is 18.9 Å². The molecule has 1 atom stereocenters. The van der Waals surface area contributed by atoms with Crippen LogP contribution in [0.3, 0.4) is 0 Å². The van der Waals surface area contributed by atoms with Gasteiger partial charge in [0.15, 0.2) is 5.78 Å². The second kappa shape index (κ2) is 9.55. The number of nitrogens with zero attached hydrogens (tertiary/aromatic N) is 5. The van der Waals surface area contributed by atoms with Gasteiger partial charge in [-0.25, -0.2) is 9.97 Å². The molecule has 3 rings (SSSR count). The fourth-order valence-electron chi connectivity index (χ4n) is 3.96. The first-order chi connectivity index (χ1) is 14.2. The van der Waals surface area contributed by atoms with Crippen molar-refractivity contribution in [1.29, 1.82) is 0 Å². The Bertz CT molecular complexity index is 897. The molecule has 0 aliphatic carbocycles. The first-order valence-electron chi connectivity index (χ1n) is 10.3. The van der Waals surface area contributed by atoms with E-state index in [1.165, 1.54) is 0 Å². The summed E-state index contributed by atoms with van der Waals surface area (Å²) in [5, 5.41) is 4.45. The molecule has 9 heteroatoms. The first kappa shape index (κ1) is 22.2. The lowest BCUT2D eigenvalue weighted by Gasteiger charge is -2.33. The molecule has 0 saturated carbocycles. The first-order valence-corrected chi connectivity index (χ1v) is 10.7. The molecule has 0 bridgehead atoms. The minimum atomic E-state index is -0.336. The fourth-order valence-corrected chi connectivity index (χ4v) is 4.28. The molecule has 1 saturated heterocycles. The van der Waals surface area contributed by atoms with Crippen molar-refractivity contribution < 1.29 is 9.59 Å². The van der Waals surface area contributed by atoms with E-state index in [1.54, 1.807) is 31.0 Å². The number of hydrogen-bond acceptors (Lipinski definition) is 6. The number of likely N-dealkylation sites (tertiary alicyclic amines) is 1.